The second-order valence-electron chi connectivity index (χ2n) is 10.8. The molecule has 1 amide bonds. The molecule has 218 valence electrons. The van der Waals surface area contributed by atoms with E-state index in [1.807, 2.05) is 25.4 Å². The van der Waals surface area contributed by atoms with Crippen LogP contribution in [0.15, 0.2) is 67.1 Å². The summed E-state index contributed by atoms with van der Waals surface area (Å²) in [4.78, 5) is 37.2. The molecule has 2 aromatic carbocycles. The van der Waals surface area contributed by atoms with Crippen molar-refractivity contribution in [1.82, 2.24) is 19.6 Å². The van der Waals surface area contributed by atoms with Crippen molar-refractivity contribution in [2.45, 2.75) is 39.2 Å². The van der Waals surface area contributed by atoms with Crippen molar-refractivity contribution in [3.63, 3.8) is 0 Å². The Hall–Kier alpha value is -5.00. The lowest BCUT2D eigenvalue weighted by Gasteiger charge is -2.35. The number of carbonyl (C=O) groups excluding carboxylic acids is 1. The van der Waals surface area contributed by atoms with Crippen LogP contribution in [0.5, 0.6) is 11.8 Å². The number of carboxylic acid groups (broad SMARTS) is 1. The first-order valence-electron chi connectivity index (χ1n) is 13.5. The third-order valence-corrected chi connectivity index (χ3v) is 6.55. The smallest absolute Gasteiger partial charge is 0.409 e. The number of carbonyl (C=O) groups is 2. The zero-order valence-corrected chi connectivity index (χ0v) is 23.5. The molecular formula is C30H31FN6O5. The maximum atomic E-state index is 13.7. The molecule has 5 rings (SSSR count). The molecule has 1 saturated heterocycles. The summed E-state index contributed by atoms with van der Waals surface area (Å²) in [5.41, 5.74) is 2.22. The summed E-state index contributed by atoms with van der Waals surface area (Å²) in [5.74, 6) is -0.411. The van der Waals surface area contributed by atoms with Gasteiger partial charge in [-0.3, -0.25) is 10.1 Å². The minimum atomic E-state index is -1.19. The van der Waals surface area contributed by atoms with E-state index in [1.165, 1.54) is 18.2 Å². The topological polar surface area (TPSA) is 132 Å². The average Bonchev–Trinajstić information content (AvgIpc) is 3.38. The second kappa shape index (κ2) is 11.9. The predicted octanol–water partition coefficient (Wildman–Crippen LogP) is 5.72. The quantitative estimate of drug-likeness (QED) is 0.266. The van der Waals surface area contributed by atoms with Gasteiger partial charge in [0.25, 0.3) is 0 Å². The molecule has 12 heteroatoms. The first kappa shape index (κ1) is 28.5. The highest BCUT2D eigenvalue weighted by atomic mass is 19.1. The number of ether oxygens (including phenoxy) is 2. The minimum absolute atomic E-state index is 0.0430. The molecule has 0 spiro atoms. The third kappa shape index (κ3) is 6.82. The van der Waals surface area contributed by atoms with Gasteiger partial charge in [0.15, 0.2) is 0 Å². The number of anilines is 1. The van der Waals surface area contributed by atoms with Crippen LogP contribution in [0.4, 0.5) is 14.9 Å². The number of aromatic nitrogens is 4. The highest BCUT2D eigenvalue weighted by Gasteiger charge is 2.31. The van der Waals surface area contributed by atoms with Gasteiger partial charge in [-0.2, -0.15) is 4.98 Å². The number of nitrogens with zero attached hydrogens (tertiary/aromatic N) is 5. The molecule has 2 aromatic heterocycles. The largest absolute Gasteiger partial charge is 0.465 e. The number of esters is 1. The fourth-order valence-corrected chi connectivity index (χ4v) is 4.70. The summed E-state index contributed by atoms with van der Waals surface area (Å²) in [6, 6.07) is 14.2. The number of imidazole rings is 1. The van der Waals surface area contributed by atoms with E-state index in [9.17, 15) is 14.0 Å². The van der Waals surface area contributed by atoms with Gasteiger partial charge < -0.3 is 19.6 Å². The van der Waals surface area contributed by atoms with E-state index < -0.39 is 11.7 Å². The molecule has 42 heavy (non-hydrogen) atoms. The first-order chi connectivity index (χ1) is 20.1. The lowest BCUT2D eigenvalue weighted by atomic mass is 9.97. The molecule has 0 radical (unpaired) electrons. The van der Waals surface area contributed by atoms with Crippen LogP contribution in [0.3, 0.4) is 0 Å². The third-order valence-electron chi connectivity index (χ3n) is 6.55. The van der Waals surface area contributed by atoms with Crippen molar-refractivity contribution in [2.24, 2.45) is 5.92 Å². The molecule has 11 nitrogen and oxygen atoms in total. The van der Waals surface area contributed by atoms with Crippen LogP contribution in [0, 0.1) is 11.7 Å². The fraction of sp³-hybridized carbons (Fsp3) is 0.300. The highest BCUT2D eigenvalue weighted by molar-refractivity contribution is 5.83. The van der Waals surface area contributed by atoms with Gasteiger partial charge in [0.05, 0.1) is 17.3 Å². The molecule has 4 aromatic rings. The number of piperidine rings is 1. The number of rotatable bonds is 7. The molecule has 3 heterocycles. The Balaban J connectivity index is 1.45. The number of halogens is 1. The van der Waals surface area contributed by atoms with Crippen molar-refractivity contribution < 1.29 is 28.6 Å². The maximum Gasteiger partial charge on any atom is 0.409 e. The summed E-state index contributed by atoms with van der Waals surface area (Å²) in [6.07, 6.45) is 3.26. The summed E-state index contributed by atoms with van der Waals surface area (Å²) in [6.45, 7) is 6.73. The van der Waals surface area contributed by atoms with Gasteiger partial charge >= 0.3 is 18.1 Å². The monoisotopic (exact) mass is 574 g/mol. The molecule has 1 aliphatic rings. The number of benzene rings is 2. The summed E-state index contributed by atoms with van der Waals surface area (Å²) >= 11 is 0. The minimum Gasteiger partial charge on any atom is -0.465 e. The first-order valence-corrected chi connectivity index (χ1v) is 13.5. The fourth-order valence-electron chi connectivity index (χ4n) is 4.70. The van der Waals surface area contributed by atoms with E-state index in [2.05, 4.69) is 25.3 Å². The van der Waals surface area contributed by atoms with Crippen molar-refractivity contribution in [2.75, 3.05) is 23.4 Å². The molecule has 2 N–H and O–H groups in total. The van der Waals surface area contributed by atoms with Crippen molar-refractivity contribution in [1.29, 1.82) is 0 Å². The molecule has 0 bridgehead atoms. The molecule has 0 atom stereocenters. The van der Waals surface area contributed by atoms with Crippen LogP contribution in [-0.2, 0) is 9.53 Å². The van der Waals surface area contributed by atoms with Crippen LogP contribution in [-0.4, -0.2) is 55.5 Å². The van der Waals surface area contributed by atoms with Crippen LogP contribution >= 0.6 is 0 Å². The van der Waals surface area contributed by atoms with E-state index in [1.54, 1.807) is 48.9 Å². The van der Waals surface area contributed by atoms with Crippen LogP contribution < -0.4 is 15.1 Å². The Bertz CT molecular complexity index is 1580. The van der Waals surface area contributed by atoms with Crippen molar-refractivity contribution in [3.8, 4) is 34.4 Å². The maximum absolute atomic E-state index is 13.7. The van der Waals surface area contributed by atoms with Gasteiger partial charge in [-0.1, -0.05) is 6.07 Å². The average molecular weight is 575 g/mol. The Morgan fingerprint density at radius 2 is 1.79 bits per heavy atom. The molecule has 0 saturated carbocycles. The van der Waals surface area contributed by atoms with Gasteiger partial charge in [-0.15, -0.1) is 0 Å². The van der Waals surface area contributed by atoms with E-state index in [0.29, 0.717) is 60.0 Å². The number of hydrogen-bond acceptors (Lipinski definition) is 8. The summed E-state index contributed by atoms with van der Waals surface area (Å²) in [5, 5.41) is 13.4. The van der Waals surface area contributed by atoms with Gasteiger partial charge in [-0.05, 0) is 76.1 Å². The molecule has 0 unspecified atom stereocenters. The van der Waals surface area contributed by atoms with E-state index >= 15 is 0 Å². The molecule has 0 aliphatic carbocycles. The zero-order chi connectivity index (χ0) is 29.9. The van der Waals surface area contributed by atoms with E-state index in [0.717, 1.165) is 0 Å². The zero-order valence-electron chi connectivity index (χ0n) is 23.5. The number of hydrogen-bond donors (Lipinski definition) is 2. The predicted molar refractivity (Wildman–Crippen MR) is 153 cm³/mol. The van der Waals surface area contributed by atoms with Crippen LogP contribution in [0.1, 0.15) is 33.6 Å². The van der Waals surface area contributed by atoms with Crippen LogP contribution in [0.2, 0.25) is 0 Å². The second-order valence-corrected chi connectivity index (χ2v) is 10.8. The molecular weight excluding hydrogens is 543 g/mol. The van der Waals surface area contributed by atoms with E-state index in [4.69, 9.17) is 14.6 Å². The lowest BCUT2D eigenvalue weighted by molar-refractivity contribution is -0.160. The standard InChI is InChI=1S/C30H31FN6O5/c1-30(2,3)42-27(38)20-12-15-36(16-13-20)37-18-33-25(19-7-9-21(31)10-8-19)26(37)24-11-14-32-28(35-24)41-23-6-4-5-22(17-23)34-29(39)40/h4-11,14,17-18,20,34H,12-13,15-16H2,1-3H3,(H,39,40). The number of amides is 1. The molecule has 1 fully saturated rings. The van der Waals surface area contributed by atoms with Crippen molar-refractivity contribution >= 4 is 17.7 Å². The SMILES string of the molecule is CC(C)(C)OC(=O)C1CCN(n2cnc(-c3ccc(F)cc3)c2-c2ccnc(Oc3cccc(NC(=O)O)c3)n2)CC1. The highest BCUT2D eigenvalue weighted by Crippen LogP contribution is 2.33. The molecule has 1 aliphatic heterocycles. The summed E-state index contributed by atoms with van der Waals surface area (Å²) in [7, 11) is 0. The Kier molecular flexibility index (Phi) is 8.05. The van der Waals surface area contributed by atoms with Gasteiger partial charge in [0, 0.05) is 36.6 Å². The number of nitrogens with one attached hydrogen (secondary N) is 1. The van der Waals surface area contributed by atoms with Crippen molar-refractivity contribution in [3.05, 3.63) is 72.9 Å². The van der Waals surface area contributed by atoms with Gasteiger partial charge in [-0.25, -0.2) is 23.8 Å². The summed E-state index contributed by atoms with van der Waals surface area (Å²) < 4.78 is 27.1. The van der Waals surface area contributed by atoms with Gasteiger partial charge in [0.2, 0.25) is 0 Å². The normalized spacial score (nSPS) is 14.0. The van der Waals surface area contributed by atoms with E-state index in [-0.39, 0.29) is 23.7 Å². The van der Waals surface area contributed by atoms with Gasteiger partial charge in [0.1, 0.15) is 29.2 Å². The lowest BCUT2D eigenvalue weighted by Crippen LogP contribution is -2.44. The van der Waals surface area contributed by atoms with Crippen LogP contribution in [0.25, 0.3) is 22.6 Å². The Morgan fingerprint density at radius 3 is 2.48 bits per heavy atom. The Morgan fingerprint density at radius 1 is 1.05 bits per heavy atom. The Labute approximate surface area is 241 Å².